The summed E-state index contributed by atoms with van der Waals surface area (Å²) in [5.74, 6) is 0. The van der Waals surface area contributed by atoms with E-state index in [2.05, 4.69) is 104 Å². The zero-order chi connectivity index (χ0) is 18.8. The number of ether oxygens (including phenoxy) is 1. The first kappa shape index (κ1) is 19.7. The monoisotopic (exact) mass is 338 g/mol. The van der Waals surface area contributed by atoms with Crippen LogP contribution in [0.3, 0.4) is 0 Å². The molecule has 0 fully saturated rings. The lowest BCUT2D eigenvalue weighted by Gasteiger charge is -2.23. The Morgan fingerprint density at radius 2 is 0.840 bits per heavy atom. The van der Waals surface area contributed by atoms with E-state index in [0.717, 1.165) is 0 Å². The van der Waals surface area contributed by atoms with Crippen molar-refractivity contribution >= 4 is 0 Å². The summed E-state index contributed by atoms with van der Waals surface area (Å²) < 4.78 is 6.27. The molecular weight excluding hydrogens is 304 g/mol. The average molecular weight is 339 g/mol. The van der Waals surface area contributed by atoms with Gasteiger partial charge >= 0.3 is 0 Å². The maximum absolute atomic E-state index is 6.27. The van der Waals surface area contributed by atoms with Crippen LogP contribution in [-0.2, 0) is 15.6 Å². The summed E-state index contributed by atoms with van der Waals surface area (Å²) in [7, 11) is 0. The highest BCUT2D eigenvalue weighted by molar-refractivity contribution is 5.30. The maximum atomic E-state index is 6.27. The van der Waals surface area contributed by atoms with Crippen LogP contribution in [0.15, 0.2) is 48.5 Å². The van der Waals surface area contributed by atoms with Gasteiger partial charge in [0.1, 0.15) is 0 Å². The second-order valence-corrected chi connectivity index (χ2v) is 9.16. The fourth-order valence-electron chi connectivity index (χ4n) is 2.97. The number of rotatable bonds is 4. The highest BCUT2D eigenvalue weighted by Gasteiger charge is 2.17. The summed E-state index contributed by atoms with van der Waals surface area (Å²) in [6, 6.07) is 17.7. The van der Waals surface area contributed by atoms with E-state index in [4.69, 9.17) is 4.74 Å². The Hall–Kier alpha value is -1.60. The average Bonchev–Trinajstić information content (AvgIpc) is 2.53. The van der Waals surface area contributed by atoms with Crippen LogP contribution in [0.4, 0.5) is 0 Å². The summed E-state index contributed by atoms with van der Waals surface area (Å²) in [5, 5.41) is 0. The second-order valence-electron chi connectivity index (χ2n) is 9.16. The van der Waals surface area contributed by atoms with Crippen LogP contribution in [0.25, 0.3) is 0 Å². The van der Waals surface area contributed by atoms with E-state index in [-0.39, 0.29) is 23.0 Å². The molecule has 0 radical (unpaired) electrons. The van der Waals surface area contributed by atoms with Crippen LogP contribution in [0.2, 0.25) is 0 Å². The molecule has 136 valence electrons. The predicted molar refractivity (Wildman–Crippen MR) is 108 cm³/mol. The van der Waals surface area contributed by atoms with Crippen LogP contribution < -0.4 is 0 Å². The molecule has 2 rings (SSSR count). The Bertz CT molecular complexity index is 605. The lowest BCUT2D eigenvalue weighted by atomic mass is 9.86. The molecule has 0 bridgehead atoms. The third kappa shape index (κ3) is 5.19. The van der Waals surface area contributed by atoms with Gasteiger partial charge in [-0.2, -0.15) is 0 Å². The molecule has 2 aromatic carbocycles. The van der Waals surface area contributed by atoms with Crippen molar-refractivity contribution < 1.29 is 4.74 Å². The first-order valence-electron chi connectivity index (χ1n) is 9.35. The van der Waals surface area contributed by atoms with Crippen molar-refractivity contribution in [3.63, 3.8) is 0 Å². The van der Waals surface area contributed by atoms with Gasteiger partial charge in [0.2, 0.25) is 0 Å². The molecule has 0 saturated carbocycles. The van der Waals surface area contributed by atoms with E-state index in [1.807, 2.05) is 0 Å². The van der Waals surface area contributed by atoms with Crippen molar-refractivity contribution in [3.05, 3.63) is 70.8 Å². The molecule has 0 N–H and O–H groups in total. The zero-order valence-electron chi connectivity index (χ0n) is 17.2. The summed E-state index contributed by atoms with van der Waals surface area (Å²) >= 11 is 0. The van der Waals surface area contributed by atoms with Gasteiger partial charge in [0.25, 0.3) is 0 Å². The molecule has 1 heteroatoms. The minimum atomic E-state index is 0.0753. The first-order chi connectivity index (χ1) is 11.5. The third-order valence-corrected chi connectivity index (χ3v) is 4.90. The molecule has 0 saturated heterocycles. The fourth-order valence-corrected chi connectivity index (χ4v) is 2.97. The Kier molecular flexibility index (Phi) is 5.79. The van der Waals surface area contributed by atoms with Gasteiger partial charge in [-0.3, -0.25) is 0 Å². The molecular formula is C24H34O. The third-order valence-electron chi connectivity index (χ3n) is 4.90. The lowest BCUT2D eigenvalue weighted by molar-refractivity contribution is 0.00583. The van der Waals surface area contributed by atoms with Gasteiger partial charge in [0.15, 0.2) is 0 Å². The fraction of sp³-hybridized carbons (Fsp3) is 0.500. The lowest BCUT2D eigenvalue weighted by Crippen LogP contribution is -2.12. The molecule has 2 aromatic rings. The van der Waals surface area contributed by atoms with Crippen LogP contribution >= 0.6 is 0 Å². The quantitative estimate of drug-likeness (QED) is 0.576. The normalized spacial score (nSPS) is 15.0. The van der Waals surface area contributed by atoms with Crippen molar-refractivity contribution in [2.45, 2.75) is 78.4 Å². The van der Waals surface area contributed by atoms with Crippen molar-refractivity contribution in [3.8, 4) is 0 Å². The van der Waals surface area contributed by atoms with E-state index in [0.29, 0.717) is 0 Å². The van der Waals surface area contributed by atoms with E-state index >= 15 is 0 Å². The van der Waals surface area contributed by atoms with Crippen LogP contribution in [-0.4, -0.2) is 0 Å². The molecule has 0 aliphatic rings. The van der Waals surface area contributed by atoms with E-state index in [1.165, 1.54) is 22.3 Å². The summed E-state index contributed by atoms with van der Waals surface area (Å²) in [6.45, 7) is 17.7. The number of hydrogen-bond donors (Lipinski definition) is 0. The zero-order valence-corrected chi connectivity index (χ0v) is 17.2. The van der Waals surface area contributed by atoms with Crippen LogP contribution in [0.1, 0.15) is 89.9 Å². The van der Waals surface area contributed by atoms with Crippen LogP contribution in [0, 0.1) is 0 Å². The Labute approximate surface area is 154 Å². The minimum absolute atomic E-state index is 0.0753. The molecule has 25 heavy (non-hydrogen) atoms. The molecule has 0 aromatic heterocycles. The Morgan fingerprint density at radius 3 is 1.08 bits per heavy atom. The summed E-state index contributed by atoms with van der Waals surface area (Å²) in [5.41, 5.74) is 5.54. The summed E-state index contributed by atoms with van der Waals surface area (Å²) in [4.78, 5) is 0. The van der Waals surface area contributed by atoms with Gasteiger partial charge in [0, 0.05) is 0 Å². The highest BCUT2D eigenvalue weighted by atomic mass is 16.5. The van der Waals surface area contributed by atoms with E-state index < -0.39 is 0 Å². The van der Waals surface area contributed by atoms with Gasteiger partial charge in [-0.25, -0.2) is 0 Å². The van der Waals surface area contributed by atoms with Crippen LogP contribution in [0.5, 0.6) is 0 Å². The molecule has 1 nitrogen and oxygen atoms in total. The van der Waals surface area contributed by atoms with Crippen molar-refractivity contribution in [2.24, 2.45) is 0 Å². The maximum Gasteiger partial charge on any atom is 0.0805 e. The number of benzene rings is 2. The topological polar surface area (TPSA) is 9.23 Å². The SMILES string of the molecule is C[C@@H](O[C@H](C)c1ccc(C(C)(C)C)cc1)c1ccc(C(C)(C)C)cc1. The molecule has 0 unspecified atom stereocenters. The summed E-state index contributed by atoms with van der Waals surface area (Å²) in [6.07, 6.45) is 0.151. The standard InChI is InChI=1S/C24H34O/c1-17(19-9-13-21(14-10-19)23(3,4)5)25-18(2)20-11-15-22(16-12-20)24(6,7)8/h9-18H,1-8H3/t17-,18-/m1/s1. The largest absolute Gasteiger partial charge is 0.366 e. The minimum Gasteiger partial charge on any atom is -0.366 e. The Morgan fingerprint density at radius 1 is 0.560 bits per heavy atom. The second kappa shape index (κ2) is 7.33. The van der Waals surface area contributed by atoms with Gasteiger partial charge in [-0.1, -0.05) is 90.1 Å². The smallest absolute Gasteiger partial charge is 0.0805 e. The Balaban J connectivity index is 2.05. The van der Waals surface area contributed by atoms with Crippen molar-refractivity contribution in [2.75, 3.05) is 0 Å². The van der Waals surface area contributed by atoms with E-state index in [1.54, 1.807) is 0 Å². The van der Waals surface area contributed by atoms with Gasteiger partial charge in [-0.05, 0) is 46.9 Å². The molecule has 0 heterocycles. The molecule has 2 atom stereocenters. The molecule has 0 spiro atoms. The van der Waals surface area contributed by atoms with Gasteiger partial charge < -0.3 is 4.74 Å². The highest BCUT2D eigenvalue weighted by Crippen LogP contribution is 2.30. The first-order valence-corrected chi connectivity index (χ1v) is 9.35. The number of hydrogen-bond acceptors (Lipinski definition) is 1. The van der Waals surface area contributed by atoms with E-state index in [9.17, 15) is 0 Å². The van der Waals surface area contributed by atoms with Crippen molar-refractivity contribution in [1.82, 2.24) is 0 Å². The van der Waals surface area contributed by atoms with Crippen molar-refractivity contribution in [1.29, 1.82) is 0 Å². The van der Waals surface area contributed by atoms with Gasteiger partial charge in [0.05, 0.1) is 12.2 Å². The molecule has 0 aliphatic heterocycles. The van der Waals surface area contributed by atoms with Gasteiger partial charge in [-0.15, -0.1) is 0 Å². The molecule has 0 aliphatic carbocycles. The predicted octanol–water partition coefficient (Wildman–Crippen LogP) is 7.12. The molecule has 0 amide bonds.